The average molecular weight is 399 g/mol. The van der Waals surface area contributed by atoms with Gasteiger partial charge in [-0.2, -0.15) is 0 Å². The smallest absolute Gasteiger partial charge is 0.157 e. The van der Waals surface area contributed by atoms with Gasteiger partial charge in [0.1, 0.15) is 0 Å². The Kier molecular flexibility index (Phi) is 3.75. The molecular weight excluding hydrogens is 386 g/mol. The summed E-state index contributed by atoms with van der Waals surface area (Å²) in [6.45, 7) is 0.843. The summed E-state index contributed by atoms with van der Waals surface area (Å²) >= 11 is 6.98. The van der Waals surface area contributed by atoms with Gasteiger partial charge in [-0.3, -0.25) is 0 Å². The van der Waals surface area contributed by atoms with E-state index in [9.17, 15) is 10.2 Å². The molecule has 0 saturated carbocycles. The lowest BCUT2D eigenvalue weighted by Gasteiger charge is -2.28. The van der Waals surface area contributed by atoms with Gasteiger partial charge >= 0.3 is 0 Å². The Hall–Kier alpha value is -1.04. The molecule has 0 bridgehead atoms. The molecule has 3 nitrogen and oxygen atoms in total. The highest BCUT2D eigenvalue weighted by molar-refractivity contribution is 9.13. The topological polar surface area (TPSA) is 52.5 Å². The third kappa shape index (κ3) is 2.45. The van der Waals surface area contributed by atoms with Crippen molar-refractivity contribution in [3.8, 4) is 11.5 Å². The second-order valence-corrected chi connectivity index (χ2v) is 6.56. The maximum absolute atomic E-state index is 9.74. The van der Waals surface area contributed by atoms with Crippen molar-refractivity contribution in [3.05, 3.63) is 56.0 Å². The van der Waals surface area contributed by atoms with E-state index >= 15 is 0 Å². The second-order valence-electron chi connectivity index (χ2n) is 4.85. The third-order valence-corrected chi connectivity index (χ3v) is 5.45. The molecule has 0 amide bonds. The fraction of sp³-hybridized carbons (Fsp3) is 0.200. The summed E-state index contributed by atoms with van der Waals surface area (Å²) in [4.78, 5) is 0. The van der Waals surface area contributed by atoms with Gasteiger partial charge in [-0.1, -0.05) is 6.07 Å². The second kappa shape index (κ2) is 5.39. The molecule has 0 aromatic heterocycles. The highest BCUT2D eigenvalue weighted by Gasteiger charge is 2.23. The van der Waals surface area contributed by atoms with E-state index in [2.05, 4.69) is 43.2 Å². The van der Waals surface area contributed by atoms with Gasteiger partial charge in [-0.05, 0) is 79.2 Å². The van der Waals surface area contributed by atoms with Gasteiger partial charge in [-0.15, -0.1) is 0 Å². The lowest BCUT2D eigenvalue weighted by molar-refractivity contribution is 0.400. The van der Waals surface area contributed by atoms with E-state index in [0.29, 0.717) is 0 Å². The van der Waals surface area contributed by atoms with Crippen LogP contribution >= 0.6 is 31.9 Å². The van der Waals surface area contributed by atoms with Gasteiger partial charge in [0, 0.05) is 15.5 Å². The van der Waals surface area contributed by atoms with Crippen molar-refractivity contribution in [2.75, 3.05) is 6.54 Å². The van der Waals surface area contributed by atoms with Crippen LogP contribution in [0.2, 0.25) is 0 Å². The standard InChI is InChI=1S/C15H13Br2NO2/c16-11-2-1-9(5-12(11)17)15-10-7-14(20)13(19)6-8(10)3-4-18-15/h1-2,5-7,15,18-20H,3-4H2. The number of aromatic hydroxyl groups is 2. The van der Waals surface area contributed by atoms with E-state index in [4.69, 9.17) is 0 Å². The Morgan fingerprint density at radius 1 is 1.00 bits per heavy atom. The molecule has 5 heteroatoms. The van der Waals surface area contributed by atoms with Crippen LogP contribution in [0.5, 0.6) is 11.5 Å². The molecule has 3 rings (SSSR count). The average Bonchev–Trinajstić information content (AvgIpc) is 2.43. The summed E-state index contributed by atoms with van der Waals surface area (Å²) in [7, 11) is 0. The minimum Gasteiger partial charge on any atom is -0.504 e. The fourth-order valence-corrected chi connectivity index (χ4v) is 3.22. The van der Waals surface area contributed by atoms with E-state index in [1.165, 1.54) is 0 Å². The Balaban J connectivity index is 2.09. The Morgan fingerprint density at radius 3 is 2.50 bits per heavy atom. The third-order valence-electron chi connectivity index (χ3n) is 3.57. The molecule has 0 radical (unpaired) electrons. The van der Waals surface area contributed by atoms with Gasteiger partial charge in [0.2, 0.25) is 0 Å². The fourth-order valence-electron chi connectivity index (χ4n) is 2.57. The molecule has 0 aliphatic carbocycles. The minimum absolute atomic E-state index is 0.0228. The van der Waals surface area contributed by atoms with E-state index in [0.717, 1.165) is 38.6 Å². The molecule has 104 valence electrons. The Morgan fingerprint density at radius 2 is 1.75 bits per heavy atom. The monoisotopic (exact) mass is 397 g/mol. The van der Waals surface area contributed by atoms with Gasteiger partial charge in [0.05, 0.1) is 6.04 Å². The summed E-state index contributed by atoms with van der Waals surface area (Å²) in [5.41, 5.74) is 3.20. The molecule has 0 fully saturated rings. The molecule has 0 spiro atoms. The first-order valence-corrected chi connectivity index (χ1v) is 7.88. The zero-order valence-corrected chi connectivity index (χ0v) is 13.7. The number of phenols is 2. The van der Waals surface area contributed by atoms with Crippen molar-refractivity contribution in [2.45, 2.75) is 12.5 Å². The van der Waals surface area contributed by atoms with Gasteiger partial charge in [0.15, 0.2) is 11.5 Å². The van der Waals surface area contributed by atoms with Crippen LogP contribution in [0.4, 0.5) is 0 Å². The summed E-state index contributed by atoms with van der Waals surface area (Å²) in [6.07, 6.45) is 0.845. The maximum atomic E-state index is 9.74. The predicted molar refractivity (Wildman–Crippen MR) is 85.2 cm³/mol. The van der Waals surface area contributed by atoms with Crippen LogP contribution in [-0.2, 0) is 6.42 Å². The molecular formula is C15H13Br2NO2. The lowest BCUT2D eigenvalue weighted by Crippen LogP contribution is -2.30. The number of hydrogen-bond donors (Lipinski definition) is 3. The van der Waals surface area contributed by atoms with Gasteiger partial charge in [-0.25, -0.2) is 0 Å². The molecule has 1 unspecified atom stereocenters. The van der Waals surface area contributed by atoms with Crippen molar-refractivity contribution in [2.24, 2.45) is 0 Å². The number of hydrogen-bond acceptors (Lipinski definition) is 3. The van der Waals surface area contributed by atoms with Crippen molar-refractivity contribution in [3.63, 3.8) is 0 Å². The van der Waals surface area contributed by atoms with Crippen LogP contribution in [-0.4, -0.2) is 16.8 Å². The Labute approximate surface area is 133 Å². The maximum Gasteiger partial charge on any atom is 0.157 e. The van der Waals surface area contributed by atoms with Crippen LogP contribution in [0.3, 0.4) is 0 Å². The predicted octanol–water partition coefficient (Wildman–Crippen LogP) is 3.86. The summed E-state index contributed by atoms with van der Waals surface area (Å²) < 4.78 is 2.00. The van der Waals surface area contributed by atoms with Crippen molar-refractivity contribution >= 4 is 31.9 Å². The van der Waals surface area contributed by atoms with Crippen molar-refractivity contribution < 1.29 is 10.2 Å². The van der Waals surface area contributed by atoms with Crippen LogP contribution in [0.15, 0.2) is 39.3 Å². The molecule has 1 aliphatic rings. The number of fused-ring (bicyclic) bond motifs is 1. The quantitative estimate of drug-likeness (QED) is 0.639. The largest absolute Gasteiger partial charge is 0.504 e. The molecule has 2 aromatic rings. The van der Waals surface area contributed by atoms with Gasteiger partial charge < -0.3 is 15.5 Å². The zero-order valence-electron chi connectivity index (χ0n) is 10.5. The highest BCUT2D eigenvalue weighted by atomic mass is 79.9. The molecule has 1 heterocycles. The van der Waals surface area contributed by atoms with Crippen molar-refractivity contribution in [1.82, 2.24) is 5.32 Å². The molecule has 3 N–H and O–H groups in total. The number of rotatable bonds is 1. The number of benzene rings is 2. The van der Waals surface area contributed by atoms with Crippen LogP contribution in [0.25, 0.3) is 0 Å². The molecule has 1 aliphatic heterocycles. The first kappa shape index (κ1) is 13.9. The van der Waals surface area contributed by atoms with E-state index in [1.807, 2.05) is 12.1 Å². The van der Waals surface area contributed by atoms with Crippen molar-refractivity contribution in [1.29, 1.82) is 0 Å². The summed E-state index contributed by atoms with van der Waals surface area (Å²) in [5, 5.41) is 22.8. The summed E-state index contributed by atoms with van der Waals surface area (Å²) in [6, 6.07) is 9.43. The number of phenolic OH excluding ortho intramolecular Hbond substituents is 2. The molecule has 0 saturated heterocycles. The minimum atomic E-state index is -0.0753. The molecule has 20 heavy (non-hydrogen) atoms. The van der Waals surface area contributed by atoms with Crippen LogP contribution < -0.4 is 5.32 Å². The molecule has 1 atom stereocenters. The van der Waals surface area contributed by atoms with Crippen LogP contribution in [0, 0.1) is 0 Å². The van der Waals surface area contributed by atoms with Crippen LogP contribution in [0.1, 0.15) is 22.7 Å². The van der Waals surface area contributed by atoms with E-state index in [1.54, 1.807) is 12.1 Å². The summed E-state index contributed by atoms with van der Waals surface area (Å²) in [5.74, 6) is -0.130. The number of halogens is 2. The number of nitrogens with one attached hydrogen (secondary N) is 1. The SMILES string of the molecule is Oc1cc2c(cc1O)C(c1ccc(Br)c(Br)c1)NCC2. The first-order valence-electron chi connectivity index (χ1n) is 6.29. The highest BCUT2D eigenvalue weighted by Crippen LogP contribution is 2.37. The molecule has 2 aromatic carbocycles. The van der Waals surface area contributed by atoms with E-state index < -0.39 is 0 Å². The Bertz CT molecular complexity index is 673. The lowest BCUT2D eigenvalue weighted by atomic mass is 9.89. The first-order chi connectivity index (χ1) is 9.56. The zero-order chi connectivity index (χ0) is 14.3. The van der Waals surface area contributed by atoms with E-state index in [-0.39, 0.29) is 17.5 Å². The van der Waals surface area contributed by atoms with Gasteiger partial charge in [0.25, 0.3) is 0 Å². The normalized spacial score (nSPS) is 17.8.